The Bertz CT molecular complexity index is 669. The third-order valence-corrected chi connectivity index (χ3v) is 5.09. The SMILES string of the molecule is CN=C(NCCCCCCC(=O)OC(C)(C)C)N1CCC(Cc2cnn(C)c2)C1.I. The van der Waals surface area contributed by atoms with E-state index in [4.69, 9.17) is 4.74 Å². The number of carbonyl (C=O) groups excluding carboxylic acids is 1. The quantitative estimate of drug-likeness (QED) is 0.172. The van der Waals surface area contributed by atoms with E-state index in [1.165, 1.54) is 12.0 Å². The Labute approximate surface area is 199 Å². The smallest absolute Gasteiger partial charge is 0.306 e. The predicted octanol–water partition coefficient (Wildman–Crippen LogP) is 3.77. The van der Waals surface area contributed by atoms with E-state index < -0.39 is 0 Å². The van der Waals surface area contributed by atoms with Crippen molar-refractivity contribution in [3.8, 4) is 0 Å². The van der Waals surface area contributed by atoms with Crippen LogP contribution in [-0.4, -0.2) is 58.9 Å². The first-order valence-corrected chi connectivity index (χ1v) is 10.9. The van der Waals surface area contributed by atoms with Crippen molar-refractivity contribution in [3.63, 3.8) is 0 Å². The molecule has 2 heterocycles. The standard InChI is InChI=1S/C22H39N5O2.HI/c1-22(2,3)29-20(28)10-8-6-7-9-12-24-21(23-4)27-13-11-18(17-27)14-19-15-25-26(5)16-19;/h15-16,18H,6-14,17H2,1-5H3,(H,23,24);1H. The summed E-state index contributed by atoms with van der Waals surface area (Å²) in [5, 5.41) is 7.76. The number of ether oxygens (including phenoxy) is 1. The maximum Gasteiger partial charge on any atom is 0.306 e. The first-order valence-electron chi connectivity index (χ1n) is 10.9. The minimum absolute atomic E-state index is 0. The first kappa shape index (κ1) is 26.7. The summed E-state index contributed by atoms with van der Waals surface area (Å²) in [4.78, 5) is 18.5. The molecule has 1 aliphatic rings. The molecular weight excluding hydrogens is 493 g/mol. The molecule has 7 nitrogen and oxygen atoms in total. The molecule has 0 saturated carbocycles. The van der Waals surface area contributed by atoms with E-state index in [9.17, 15) is 4.79 Å². The van der Waals surface area contributed by atoms with Crippen molar-refractivity contribution in [2.75, 3.05) is 26.7 Å². The number of aromatic nitrogens is 2. The zero-order valence-electron chi connectivity index (χ0n) is 19.3. The molecule has 0 radical (unpaired) electrons. The van der Waals surface area contributed by atoms with Crippen LogP contribution in [0, 0.1) is 5.92 Å². The van der Waals surface area contributed by atoms with Crippen LogP contribution in [0.4, 0.5) is 0 Å². The molecule has 0 aliphatic carbocycles. The zero-order valence-corrected chi connectivity index (χ0v) is 21.6. The van der Waals surface area contributed by atoms with Gasteiger partial charge in [-0.1, -0.05) is 12.8 Å². The molecule has 1 fully saturated rings. The third kappa shape index (κ3) is 10.1. The fourth-order valence-electron chi connectivity index (χ4n) is 3.78. The lowest BCUT2D eigenvalue weighted by molar-refractivity contribution is -0.154. The van der Waals surface area contributed by atoms with Gasteiger partial charge in [-0.05, 0) is 57.9 Å². The van der Waals surface area contributed by atoms with Gasteiger partial charge >= 0.3 is 5.97 Å². The van der Waals surface area contributed by atoms with E-state index in [2.05, 4.69) is 26.5 Å². The number of likely N-dealkylation sites (tertiary alicyclic amines) is 1. The molecule has 0 aromatic carbocycles. The molecule has 2 rings (SSSR count). The van der Waals surface area contributed by atoms with Crippen LogP contribution in [0.15, 0.2) is 17.4 Å². The Kier molecular flexibility index (Phi) is 11.7. The molecule has 0 spiro atoms. The number of unbranched alkanes of at least 4 members (excludes halogenated alkanes) is 3. The van der Waals surface area contributed by atoms with Gasteiger partial charge in [-0.25, -0.2) is 0 Å². The molecule has 8 heteroatoms. The van der Waals surface area contributed by atoms with Gasteiger partial charge in [0.05, 0.1) is 6.20 Å². The first-order chi connectivity index (χ1) is 13.8. The van der Waals surface area contributed by atoms with Crippen molar-refractivity contribution in [2.45, 2.75) is 71.3 Å². The van der Waals surface area contributed by atoms with Crippen LogP contribution in [0.5, 0.6) is 0 Å². The van der Waals surface area contributed by atoms with Crippen molar-refractivity contribution in [1.29, 1.82) is 0 Å². The average Bonchev–Trinajstić information content (AvgIpc) is 3.25. The summed E-state index contributed by atoms with van der Waals surface area (Å²) < 4.78 is 7.21. The van der Waals surface area contributed by atoms with E-state index in [0.717, 1.165) is 57.7 Å². The van der Waals surface area contributed by atoms with Gasteiger partial charge in [0.25, 0.3) is 0 Å². The summed E-state index contributed by atoms with van der Waals surface area (Å²) in [5.41, 5.74) is 0.928. The number of nitrogens with one attached hydrogen (secondary N) is 1. The summed E-state index contributed by atoms with van der Waals surface area (Å²) in [6, 6.07) is 0. The molecule has 1 atom stereocenters. The van der Waals surface area contributed by atoms with Crippen LogP contribution in [0.2, 0.25) is 0 Å². The van der Waals surface area contributed by atoms with Gasteiger partial charge in [-0.2, -0.15) is 5.10 Å². The van der Waals surface area contributed by atoms with Crippen LogP contribution in [0.3, 0.4) is 0 Å². The van der Waals surface area contributed by atoms with Gasteiger partial charge in [-0.15, -0.1) is 24.0 Å². The largest absolute Gasteiger partial charge is 0.460 e. The number of halogens is 1. The predicted molar refractivity (Wildman–Crippen MR) is 132 cm³/mol. The van der Waals surface area contributed by atoms with E-state index in [-0.39, 0.29) is 35.5 Å². The number of rotatable bonds is 9. The van der Waals surface area contributed by atoms with Crippen molar-refractivity contribution in [3.05, 3.63) is 18.0 Å². The van der Waals surface area contributed by atoms with E-state index in [1.807, 2.05) is 45.7 Å². The molecule has 1 unspecified atom stereocenters. The van der Waals surface area contributed by atoms with Crippen LogP contribution >= 0.6 is 24.0 Å². The van der Waals surface area contributed by atoms with Crippen LogP contribution < -0.4 is 5.32 Å². The van der Waals surface area contributed by atoms with Gasteiger partial charge in [0, 0.05) is 46.3 Å². The fourth-order valence-corrected chi connectivity index (χ4v) is 3.78. The molecule has 0 bridgehead atoms. The lowest BCUT2D eigenvalue weighted by atomic mass is 10.0. The summed E-state index contributed by atoms with van der Waals surface area (Å²) in [5.74, 6) is 1.57. The molecule has 0 amide bonds. The Morgan fingerprint density at radius 1 is 1.30 bits per heavy atom. The number of nitrogens with zero attached hydrogens (tertiary/aromatic N) is 4. The molecule has 1 saturated heterocycles. The second-order valence-corrected chi connectivity index (χ2v) is 9.05. The molecule has 172 valence electrons. The van der Waals surface area contributed by atoms with Crippen molar-refractivity contribution in [1.82, 2.24) is 20.0 Å². The highest BCUT2D eigenvalue weighted by molar-refractivity contribution is 14.0. The maximum absolute atomic E-state index is 11.7. The lowest BCUT2D eigenvalue weighted by Gasteiger charge is -2.21. The lowest BCUT2D eigenvalue weighted by Crippen LogP contribution is -2.40. The summed E-state index contributed by atoms with van der Waals surface area (Å²) in [6.45, 7) is 8.74. The minimum atomic E-state index is -0.385. The van der Waals surface area contributed by atoms with Crippen molar-refractivity contribution in [2.24, 2.45) is 18.0 Å². The van der Waals surface area contributed by atoms with Gasteiger partial charge in [-0.3, -0.25) is 14.5 Å². The second kappa shape index (κ2) is 13.2. The summed E-state index contributed by atoms with van der Waals surface area (Å²) in [6.07, 6.45) is 11.0. The second-order valence-electron chi connectivity index (χ2n) is 9.05. The van der Waals surface area contributed by atoms with Crippen molar-refractivity contribution < 1.29 is 9.53 Å². The monoisotopic (exact) mass is 533 g/mol. The summed E-state index contributed by atoms with van der Waals surface area (Å²) in [7, 11) is 3.82. The highest BCUT2D eigenvalue weighted by atomic mass is 127. The van der Waals surface area contributed by atoms with Crippen LogP contribution in [-0.2, 0) is 23.0 Å². The van der Waals surface area contributed by atoms with E-state index in [0.29, 0.717) is 12.3 Å². The molecule has 1 aliphatic heterocycles. The molecule has 30 heavy (non-hydrogen) atoms. The molecular formula is C22H40IN5O2. The Hall–Kier alpha value is -1.32. The Morgan fingerprint density at radius 3 is 2.67 bits per heavy atom. The Morgan fingerprint density at radius 2 is 2.03 bits per heavy atom. The minimum Gasteiger partial charge on any atom is -0.460 e. The number of guanidine groups is 1. The van der Waals surface area contributed by atoms with Gasteiger partial charge in [0.2, 0.25) is 0 Å². The zero-order chi connectivity index (χ0) is 21.3. The summed E-state index contributed by atoms with van der Waals surface area (Å²) >= 11 is 0. The van der Waals surface area contributed by atoms with Crippen molar-refractivity contribution >= 4 is 35.9 Å². The topological polar surface area (TPSA) is 71.8 Å². The normalized spacial score (nSPS) is 17.0. The number of esters is 1. The fraction of sp³-hybridized carbons (Fsp3) is 0.773. The number of aliphatic imine (C=N–C) groups is 1. The van der Waals surface area contributed by atoms with Gasteiger partial charge < -0.3 is 15.0 Å². The number of carbonyl (C=O) groups is 1. The van der Waals surface area contributed by atoms with Gasteiger partial charge in [0.1, 0.15) is 5.60 Å². The van der Waals surface area contributed by atoms with Crippen LogP contribution in [0.1, 0.15) is 64.9 Å². The van der Waals surface area contributed by atoms with E-state index in [1.54, 1.807) is 0 Å². The Balaban J connectivity index is 0.00000450. The molecule has 1 aromatic rings. The third-order valence-electron chi connectivity index (χ3n) is 5.09. The highest BCUT2D eigenvalue weighted by Crippen LogP contribution is 2.20. The molecule has 1 aromatic heterocycles. The number of hydrogen-bond acceptors (Lipinski definition) is 4. The number of hydrogen-bond donors (Lipinski definition) is 1. The van der Waals surface area contributed by atoms with Crippen LogP contribution in [0.25, 0.3) is 0 Å². The average molecular weight is 533 g/mol. The number of aryl methyl sites for hydroxylation is 1. The van der Waals surface area contributed by atoms with Gasteiger partial charge in [0.15, 0.2) is 5.96 Å². The highest BCUT2D eigenvalue weighted by Gasteiger charge is 2.25. The van der Waals surface area contributed by atoms with E-state index >= 15 is 0 Å². The maximum atomic E-state index is 11.7. The molecule has 1 N–H and O–H groups in total.